The number of sulfonamides is 1. The summed E-state index contributed by atoms with van der Waals surface area (Å²) in [5.41, 5.74) is 2.05. The first-order valence-electron chi connectivity index (χ1n) is 11.3. The summed E-state index contributed by atoms with van der Waals surface area (Å²) >= 11 is 8.52. The van der Waals surface area contributed by atoms with Crippen LogP contribution in [-0.2, 0) is 21.2 Å². The summed E-state index contributed by atoms with van der Waals surface area (Å²) < 4.78 is 29.9. The minimum Gasteiger partial charge on any atom is -0.308 e. The fourth-order valence-electron chi connectivity index (χ4n) is 4.17. The summed E-state index contributed by atoms with van der Waals surface area (Å²) in [6.45, 7) is 3.48. The zero-order valence-electron chi connectivity index (χ0n) is 19.5. The zero-order chi connectivity index (χ0) is 24.5. The Hall–Kier alpha value is -1.56. The van der Waals surface area contributed by atoms with Gasteiger partial charge in [-0.1, -0.05) is 48.4 Å². The van der Waals surface area contributed by atoms with Gasteiger partial charge in [-0.25, -0.2) is 13.4 Å². The van der Waals surface area contributed by atoms with Crippen molar-refractivity contribution in [3.05, 3.63) is 40.2 Å². The van der Waals surface area contributed by atoms with Crippen molar-refractivity contribution in [2.45, 2.75) is 42.9 Å². The van der Waals surface area contributed by atoms with E-state index in [1.165, 1.54) is 21.7 Å². The van der Waals surface area contributed by atoms with E-state index in [0.717, 1.165) is 46.4 Å². The van der Waals surface area contributed by atoms with Crippen LogP contribution in [0, 0.1) is 0 Å². The van der Waals surface area contributed by atoms with Gasteiger partial charge in [0.05, 0.1) is 14.6 Å². The Kier molecular flexibility index (Phi) is 7.95. The highest BCUT2D eigenvalue weighted by molar-refractivity contribution is 7.91. The number of anilines is 1. The van der Waals surface area contributed by atoms with Crippen LogP contribution in [0.2, 0.25) is 4.34 Å². The van der Waals surface area contributed by atoms with Crippen molar-refractivity contribution in [2.24, 2.45) is 0 Å². The SMILES string of the molecule is CCc1cccc2sc(N(CCN(C)C)C(=O)C3CCCCN3S(=O)(=O)c3ccc(Cl)s3)nc12. The maximum atomic E-state index is 14.0. The summed E-state index contributed by atoms with van der Waals surface area (Å²) in [6, 6.07) is 8.41. The average Bonchev–Trinajstić information content (AvgIpc) is 3.45. The normalized spacial score (nSPS) is 17.5. The first kappa shape index (κ1) is 25.5. The first-order chi connectivity index (χ1) is 16.2. The first-order valence-corrected chi connectivity index (χ1v) is 14.8. The fraction of sp³-hybridized carbons (Fsp3) is 0.478. The Bertz CT molecular complexity index is 1270. The van der Waals surface area contributed by atoms with E-state index in [2.05, 4.69) is 13.0 Å². The lowest BCUT2D eigenvalue weighted by molar-refractivity contribution is -0.123. The third kappa shape index (κ3) is 5.17. The molecule has 1 amide bonds. The van der Waals surface area contributed by atoms with E-state index in [1.54, 1.807) is 11.0 Å². The van der Waals surface area contributed by atoms with Gasteiger partial charge in [0.25, 0.3) is 10.0 Å². The Morgan fingerprint density at radius 2 is 1.97 bits per heavy atom. The number of para-hydroxylation sites is 1. The molecule has 0 bridgehead atoms. The van der Waals surface area contributed by atoms with Crippen LogP contribution in [0.4, 0.5) is 5.13 Å². The van der Waals surface area contributed by atoms with Gasteiger partial charge < -0.3 is 4.90 Å². The number of thiazole rings is 1. The number of rotatable bonds is 8. The largest absolute Gasteiger partial charge is 0.308 e. The summed E-state index contributed by atoms with van der Waals surface area (Å²) in [5, 5.41) is 0.616. The quantitative estimate of drug-likeness (QED) is 0.413. The molecule has 184 valence electrons. The van der Waals surface area contributed by atoms with E-state index in [4.69, 9.17) is 16.6 Å². The molecule has 3 heterocycles. The number of thiophene rings is 1. The number of carbonyl (C=O) groups excluding carboxylic acids is 1. The Morgan fingerprint density at radius 1 is 1.18 bits per heavy atom. The molecule has 1 fully saturated rings. The molecule has 1 aliphatic heterocycles. The zero-order valence-corrected chi connectivity index (χ0v) is 22.7. The van der Waals surface area contributed by atoms with Crippen molar-refractivity contribution in [1.29, 1.82) is 0 Å². The Balaban J connectivity index is 1.71. The number of halogens is 1. The van der Waals surface area contributed by atoms with Gasteiger partial charge in [-0.3, -0.25) is 9.69 Å². The number of aryl methyl sites for hydroxylation is 1. The lowest BCUT2D eigenvalue weighted by Gasteiger charge is -2.36. The minimum absolute atomic E-state index is 0.171. The van der Waals surface area contributed by atoms with Gasteiger partial charge in [0.1, 0.15) is 10.3 Å². The van der Waals surface area contributed by atoms with Crippen LogP contribution in [0.25, 0.3) is 10.2 Å². The Labute approximate surface area is 214 Å². The fourth-order valence-corrected chi connectivity index (χ4v) is 8.47. The molecule has 0 aliphatic carbocycles. The molecule has 1 aliphatic rings. The summed E-state index contributed by atoms with van der Waals surface area (Å²) in [4.78, 5) is 22.5. The monoisotopic (exact) mass is 540 g/mol. The van der Waals surface area contributed by atoms with Gasteiger partial charge in [0.2, 0.25) is 5.91 Å². The topological polar surface area (TPSA) is 73.8 Å². The molecule has 1 saturated heterocycles. The predicted octanol–water partition coefficient (Wildman–Crippen LogP) is 4.71. The molecule has 1 atom stereocenters. The second kappa shape index (κ2) is 10.6. The van der Waals surface area contributed by atoms with Crippen LogP contribution in [-0.4, -0.2) is 68.3 Å². The van der Waals surface area contributed by atoms with Gasteiger partial charge in [0, 0.05) is 19.6 Å². The average molecular weight is 541 g/mol. The lowest BCUT2D eigenvalue weighted by Crippen LogP contribution is -2.53. The third-order valence-electron chi connectivity index (χ3n) is 5.99. The smallest absolute Gasteiger partial charge is 0.253 e. The molecule has 0 N–H and O–H groups in total. The number of amides is 1. The van der Waals surface area contributed by atoms with E-state index in [1.807, 2.05) is 31.1 Å². The van der Waals surface area contributed by atoms with Crippen LogP contribution in [0.3, 0.4) is 0 Å². The highest BCUT2D eigenvalue weighted by Gasteiger charge is 2.41. The van der Waals surface area contributed by atoms with Crippen molar-refractivity contribution in [3.63, 3.8) is 0 Å². The lowest BCUT2D eigenvalue weighted by atomic mass is 10.0. The van der Waals surface area contributed by atoms with Gasteiger partial charge in [-0.15, -0.1) is 11.3 Å². The maximum absolute atomic E-state index is 14.0. The molecule has 1 aromatic carbocycles. The molecule has 34 heavy (non-hydrogen) atoms. The predicted molar refractivity (Wildman–Crippen MR) is 141 cm³/mol. The summed E-state index contributed by atoms with van der Waals surface area (Å²) in [5.74, 6) is -0.218. The standard InChI is InChI=1S/C23H29ClN4O3S3/c1-4-16-8-7-10-18-21(16)25-23(32-18)27(15-14-26(2)3)22(29)17-9-5-6-13-28(17)34(30,31)20-12-11-19(24)33-20/h7-8,10-12,17H,4-6,9,13-15H2,1-3H3. The number of likely N-dealkylation sites (N-methyl/N-ethyl adjacent to an activating group) is 1. The number of carbonyl (C=O) groups is 1. The number of fused-ring (bicyclic) bond motifs is 1. The van der Waals surface area contributed by atoms with Crippen molar-refractivity contribution in [2.75, 3.05) is 38.6 Å². The van der Waals surface area contributed by atoms with Crippen LogP contribution >= 0.6 is 34.3 Å². The highest BCUT2D eigenvalue weighted by atomic mass is 35.5. The van der Waals surface area contributed by atoms with Crippen LogP contribution in [0.5, 0.6) is 0 Å². The number of piperidine rings is 1. The number of hydrogen-bond acceptors (Lipinski definition) is 7. The summed E-state index contributed by atoms with van der Waals surface area (Å²) in [6.07, 6.45) is 2.86. The highest BCUT2D eigenvalue weighted by Crippen LogP contribution is 2.35. The number of aromatic nitrogens is 1. The second-order valence-corrected chi connectivity index (χ2v) is 13.4. The van der Waals surface area contributed by atoms with Crippen LogP contribution in [0.15, 0.2) is 34.5 Å². The molecule has 3 aromatic rings. The Morgan fingerprint density at radius 3 is 2.65 bits per heavy atom. The molecule has 0 radical (unpaired) electrons. The van der Waals surface area contributed by atoms with Gasteiger partial charge in [0.15, 0.2) is 5.13 Å². The number of benzene rings is 1. The molecular formula is C23H29ClN4O3S3. The molecule has 4 rings (SSSR count). The van der Waals surface area contributed by atoms with Crippen molar-refractivity contribution < 1.29 is 13.2 Å². The molecule has 0 saturated carbocycles. The molecule has 11 heteroatoms. The molecular weight excluding hydrogens is 512 g/mol. The van der Waals surface area contributed by atoms with E-state index in [-0.39, 0.29) is 10.1 Å². The molecule has 2 aromatic heterocycles. The van der Waals surface area contributed by atoms with E-state index in [0.29, 0.717) is 35.5 Å². The van der Waals surface area contributed by atoms with Crippen LogP contribution in [0.1, 0.15) is 31.7 Å². The second-order valence-electron chi connectivity index (χ2n) is 8.59. The van der Waals surface area contributed by atoms with Gasteiger partial charge >= 0.3 is 0 Å². The molecule has 1 unspecified atom stereocenters. The van der Waals surface area contributed by atoms with Crippen LogP contribution < -0.4 is 4.90 Å². The van der Waals surface area contributed by atoms with Crippen molar-refractivity contribution in [1.82, 2.24) is 14.2 Å². The third-order valence-corrected chi connectivity index (χ3v) is 10.6. The van der Waals surface area contributed by atoms with Gasteiger partial charge in [-0.05, 0) is 57.1 Å². The maximum Gasteiger partial charge on any atom is 0.253 e. The number of nitrogens with zero attached hydrogens (tertiary/aromatic N) is 4. The summed E-state index contributed by atoms with van der Waals surface area (Å²) in [7, 11) is 0.0798. The van der Waals surface area contributed by atoms with Crippen molar-refractivity contribution >= 4 is 65.6 Å². The van der Waals surface area contributed by atoms with Crippen molar-refractivity contribution in [3.8, 4) is 0 Å². The molecule has 0 spiro atoms. The van der Waals surface area contributed by atoms with E-state index >= 15 is 0 Å². The van der Waals surface area contributed by atoms with E-state index in [9.17, 15) is 13.2 Å². The molecule has 7 nitrogen and oxygen atoms in total. The number of hydrogen-bond donors (Lipinski definition) is 0. The minimum atomic E-state index is -3.83. The van der Waals surface area contributed by atoms with Gasteiger partial charge in [-0.2, -0.15) is 4.31 Å². The van der Waals surface area contributed by atoms with E-state index < -0.39 is 16.1 Å².